The number of nitrogens with zero attached hydrogens (tertiary/aromatic N) is 3. The quantitative estimate of drug-likeness (QED) is 0.462. The summed E-state index contributed by atoms with van der Waals surface area (Å²) in [5.74, 6) is 0.557. The van der Waals surface area contributed by atoms with Gasteiger partial charge in [0.05, 0.1) is 36.1 Å². The van der Waals surface area contributed by atoms with Gasteiger partial charge in [0.2, 0.25) is 10.0 Å². The van der Waals surface area contributed by atoms with Crippen molar-refractivity contribution < 1.29 is 17.9 Å². The van der Waals surface area contributed by atoms with E-state index in [-0.39, 0.29) is 35.6 Å². The molecule has 0 spiro atoms. The number of carbonyl (C=O) groups excluding carboxylic acids is 1. The van der Waals surface area contributed by atoms with Crippen LogP contribution in [0.4, 0.5) is 0 Å². The van der Waals surface area contributed by atoms with Crippen molar-refractivity contribution in [2.45, 2.75) is 53.0 Å². The highest BCUT2D eigenvalue weighted by atomic mass is 32.2. The van der Waals surface area contributed by atoms with Crippen molar-refractivity contribution in [1.82, 2.24) is 24.2 Å². The first-order valence-corrected chi connectivity index (χ1v) is 14.2. The van der Waals surface area contributed by atoms with Crippen molar-refractivity contribution in [3.05, 3.63) is 62.8 Å². The molecule has 2 N–H and O–H groups in total. The van der Waals surface area contributed by atoms with Crippen molar-refractivity contribution in [1.29, 1.82) is 0 Å². The zero-order valence-electron chi connectivity index (χ0n) is 22.0. The third-order valence-electron chi connectivity index (χ3n) is 7.49. The van der Waals surface area contributed by atoms with E-state index in [0.29, 0.717) is 41.2 Å². The average molecular weight is 530 g/mol. The average Bonchev–Trinajstić information content (AvgIpc) is 3.18. The largest absolute Gasteiger partial charge is 0.496 e. The summed E-state index contributed by atoms with van der Waals surface area (Å²) in [6.45, 7) is 8.50. The molecule has 1 unspecified atom stereocenters. The summed E-state index contributed by atoms with van der Waals surface area (Å²) in [6.07, 6.45) is 3.19. The molecule has 1 fully saturated rings. The fourth-order valence-electron chi connectivity index (χ4n) is 5.41. The fraction of sp³-hybridized carbons (Fsp3) is 0.500. The number of sulfonamides is 1. The standard InChI is InChI=1S/C26H35N5O5S/c1-6-37(34,35)30-12-9-19(10-13-30)17(3)24-18(4)23(21-8-7-11-28-31(21)24)26(33)27-15-20-22(36-5)14-16(2)29-25(20)32/h7-8,11,14,17,19H,6,9-10,12-13,15H2,1-5H3,(H,27,33)(H,29,32). The Morgan fingerprint density at radius 1 is 1.30 bits per heavy atom. The van der Waals surface area contributed by atoms with Gasteiger partial charge in [0.15, 0.2) is 0 Å². The van der Waals surface area contributed by atoms with Crippen LogP contribution in [0.15, 0.2) is 29.2 Å². The highest BCUT2D eigenvalue weighted by Gasteiger charge is 2.33. The number of nitrogens with one attached hydrogen (secondary N) is 2. The molecule has 0 saturated carbocycles. The zero-order valence-corrected chi connectivity index (χ0v) is 22.8. The first kappa shape index (κ1) is 26.9. The first-order valence-electron chi connectivity index (χ1n) is 12.6. The molecule has 0 aromatic carbocycles. The summed E-state index contributed by atoms with van der Waals surface area (Å²) in [5, 5.41) is 7.44. The van der Waals surface area contributed by atoms with Crippen molar-refractivity contribution in [3.63, 3.8) is 0 Å². The Kier molecular flexibility index (Phi) is 7.75. The Balaban J connectivity index is 1.61. The number of aromatic nitrogens is 3. The van der Waals surface area contributed by atoms with Gasteiger partial charge in [0.1, 0.15) is 5.75 Å². The number of pyridine rings is 1. The normalized spacial score (nSPS) is 16.1. The predicted octanol–water partition coefficient (Wildman–Crippen LogP) is 2.74. The molecule has 10 nitrogen and oxygen atoms in total. The number of ether oxygens (including phenoxy) is 1. The zero-order chi connectivity index (χ0) is 26.9. The summed E-state index contributed by atoms with van der Waals surface area (Å²) in [4.78, 5) is 28.7. The lowest BCUT2D eigenvalue weighted by Crippen LogP contribution is -2.40. The molecule has 11 heteroatoms. The van der Waals surface area contributed by atoms with Crippen LogP contribution in [-0.4, -0.2) is 59.2 Å². The van der Waals surface area contributed by atoms with Gasteiger partial charge in [-0.3, -0.25) is 9.59 Å². The number of aryl methyl sites for hydroxylation is 1. The van der Waals surface area contributed by atoms with E-state index in [1.54, 1.807) is 36.5 Å². The summed E-state index contributed by atoms with van der Waals surface area (Å²) in [5.41, 5.74) is 3.71. The maximum atomic E-state index is 13.5. The number of rotatable bonds is 8. The molecule has 0 bridgehead atoms. The minimum Gasteiger partial charge on any atom is -0.496 e. The van der Waals surface area contributed by atoms with Crippen LogP contribution >= 0.6 is 0 Å². The van der Waals surface area contributed by atoms with Crippen LogP contribution < -0.4 is 15.6 Å². The molecule has 37 heavy (non-hydrogen) atoms. The number of amides is 1. The highest BCUT2D eigenvalue weighted by molar-refractivity contribution is 7.89. The summed E-state index contributed by atoms with van der Waals surface area (Å²) >= 11 is 0. The van der Waals surface area contributed by atoms with Gasteiger partial charge in [-0.1, -0.05) is 6.92 Å². The smallest absolute Gasteiger partial charge is 0.256 e. The topological polar surface area (TPSA) is 126 Å². The molecule has 200 valence electrons. The lowest BCUT2D eigenvalue weighted by atomic mass is 9.83. The first-order chi connectivity index (χ1) is 17.6. The maximum absolute atomic E-state index is 13.5. The number of carbonyl (C=O) groups is 1. The van der Waals surface area contributed by atoms with E-state index >= 15 is 0 Å². The Bertz CT molecular complexity index is 1470. The molecule has 1 aliphatic heterocycles. The maximum Gasteiger partial charge on any atom is 0.256 e. The molecule has 0 aliphatic carbocycles. The van der Waals surface area contributed by atoms with Crippen molar-refractivity contribution in [2.24, 2.45) is 5.92 Å². The Morgan fingerprint density at radius 2 is 2.00 bits per heavy atom. The van der Waals surface area contributed by atoms with E-state index in [2.05, 4.69) is 22.3 Å². The number of hydrogen-bond donors (Lipinski definition) is 2. The molecular formula is C26H35N5O5S. The second-order valence-corrected chi connectivity index (χ2v) is 11.9. The van der Waals surface area contributed by atoms with E-state index < -0.39 is 10.0 Å². The van der Waals surface area contributed by atoms with Gasteiger partial charge in [-0.2, -0.15) is 5.10 Å². The molecular weight excluding hydrogens is 494 g/mol. The van der Waals surface area contributed by atoms with Crippen LogP contribution in [0.3, 0.4) is 0 Å². The number of hydrogen-bond acceptors (Lipinski definition) is 6. The lowest BCUT2D eigenvalue weighted by Gasteiger charge is -2.34. The van der Waals surface area contributed by atoms with Crippen molar-refractivity contribution in [2.75, 3.05) is 26.0 Å². The fourth-order valence-corrected chi connectivity index (χ4v) is 6.54. The van der Waals surface area contributed by atoms with Crippen molar-refractivity contribution in [3.8, 4) is 5.75 Å². The van der Waals surface area contributed by atoms with Gasteiger partial charge < -0.3 is 15.0 Å². The third-order valence-corrected chi connectivity index (χ3v) is 9.37. The number of H-pyrrole nitrogens is 1. The van der Waals surface area contributed by atoms with E-state index in [0.717, 1.165) is 24.1 Å². The number of fused-ring (bicyclic) bond motifs is 1. The monoisotopic (exact) mass is 529 g/mol. The van der Waals surface area contributed by atoms with Crippen LogP contribution in [0, 0.1) is 19.8 Å². The van der Waals surface area contributed by atoms with Crippen LogP contribution in [0.5, 0.6) is 5.75 Å². The summed E-state index contributed by atoms with van der Waals surface area (Å²) in [6, 6.07) is 5.38. The Labute approximate surface area is 217 Å². The van der Waals surface area contributed by atoms with Crippen LogP contribution in [0.2, 0.25) is 0 Å². The van der Waals surface area contributed by atoms with Gasteiger partial charge in [-0.05, 0) is 63.3 Å². The predicted molar refractivity (Wildman–Crippen MR) is 142 cm³/mol. The molecule has 4 rings (SSSR count). The summed E-state index contributed by atoms with van der Waals surface area (Å²) < 4.78 is 33.3. The molecule has 3 aromatic rings. The van der Waals surface area contributed by atoms with Gasteiger partial charge in [-0.15, -0.1) is 0 Å². The van der Waals surface area contributed by atoms with E-state index in [1.807, 2.05) is 17.5 Å². The van der Waals surface area contributed by atoms with Gasteiger partial charge in [-0.25, -0.2) is 17.2 Å². The van der Waals surface area contributed by atoms with E-state index in [1.165, 1.54) is 7.11 Å². The highest BCUT2D eigenvalue weighted by Crippen LogP contribution is 2.37. The number of aromatic amines is 1. The van der Waals surface area contributed by atoms with E-state index in [9.17, 15) is 18.0 Å². The van der Waals surface area contributed by atoms with Crippen LogP contribution in [-0.2, 0) is 16.6 Å². The van der Waals surface area contributed by atoms with E-state index in [4.69, 9.17) is 4.74 Å². The molecule has 4 heterocycles. The molecule has 1 amide bonds. The lowest BCUT2D eigenvalue weighted by molar-refractivity contribution is 0.0951. The van der Waals surface area contributed by atoms with Gasteiger partial charge in [0.25, 0.3) is 11.5 Å². The van der Waals surface area contributed by atoms with Crippen LogP contribution in [0.25, 0.3) is 5.52 Å². The van der Waals surface area contributed by atoms with Crippen LogP contribution in [0.1, 0.15) is 65.5 Å². The third kappa shape index (κ3) is 5.15. The summed E-state index contributed by atoms with van der Waals surface area (Å²) in [7, 11) is -1.70. The second-order valence-electron chi connectivity index (χ2n) is 9.64. The minimum atomic E-state index is -3.20. The number of piperidine rings is 1. The molecule has 1 saturated heterocycles. The Hall–Kier alpha value is -3.18. The minimum absolute atomic E-state index is 0.0178. The SMILES string of the molecule is CCS(=O)(=O)N1CCC(C(C)c2c(C)c(C(=O)NCc3c(OC)cc(C)[nH]c3=O)c3cccnn23)CC1. The molecule has 3 aromatic heterocycles. The Morgan fingerprint density at radius 3 is 2.65 bits per heavy atom. The van der Waals surface area contributed by atoms with Gasteiger partial charge in [0, 0.05) is 36.6 Å². The van der Waals surface area contributed by atoms with Gasteiger partial charge >= 0.3 is 0 Å². The second kappa shape index (κ2) is 10.7. The number of methoxy groups -OCH3 is 1. The van der Waals surface area contributed by atoms with Crippen molar-refractivity contribution >= 4 is 21.4 Å². The molecule has 1 atom stereocenters. The molecule has 1 aliphatic rings. The molecule has 0 radical (unpaired) electrons.